The van der Waals surface area contributed by atoms with E-state index in [0.29, 0.717) is 6.04 Å². The molecule has 1 aliphatic heterocycles. The first-order valence-electron chi connectivity index (χ1n) is 4.66. The van der Waals surface area contributed by atoms with Crippen molar-refractivity contribution in [3.8, 4) is 0 Å². The molecule has 76 valence electrons. The third kappa shape index (κ3) is 2.42. The summed E-state index contributed by atoms with van der Waals surface area (Å²) >= 11 is 3.32. The third-order valence-electron chi connectivity index (χ3n) is 2.38. The zero-order chi connectivity index (χ0) is 9.97. The fourth-order valence-electron chi connectivity index (χ4n) is 1.67. The summed E-state index contributed by atoms with van der Waals surface area (Å²) in [6.07, 6.45) is 2.74. The van der Waals surface area contributed by atoms with Crippen molar-refractivity contribution in [1.29, 1.82) is 0 Å². The molecular formula is C9H13BrN4. The summed E-state index contributed by atoms with van der Waals surface area (Å²) in [5, 5.41) is 3.39. The quantitative estimate of drug-likeness (QED) is 0.812. The first-order chi connectivity index (χ1) is 6.74. The Balaban J connectivity index is 1.97. The van der Waals surface area contributed by atoms with Gasteiger partial charge in [0.15, 0.2) is 0 Å². The van der Waals surface area contributed by atoms with Crippen LogP contribution in [0.15, 0.2) is 17.0 Å². The van der Waals surface area contributed by atoms with Gasteiger partial charge in [-0.25, -0.2) is 9.97 Å². The molecule has 1 aliphatic rings. The van der Waals surface area contributed by atoms with Crippen LogP contribution in [0.2, 0.25) is 0 Å². The summed E-state index contributed by atoms with van der Waals surface area (Å²) in [5.41, 5.74) is 0. The maximum absolute atomic E-state index is 4.16. The van der Waals surface area contributed by atoms with E-state index in [1.54, 1.807) is 6.33 Å². The lowest BCUT2D eigenvalue weighted by Crippen LogP contribution is -2.23. The maximum atomic E-state index is 4.16. The fraction of sp³-hybridized carbons (Fsp3) is 0.556. The second-order valence-corrected chi connectivity index (χ2v) is 4.43. The number of aromatic nitrogens is 2. The Morgan fingerprint density at radius 2 is 2.43 bits per heavy atom. The molecule has 0 amide bonds. The van der Waals surface area contributed by atoms with Gasteiger partial charge in [-0.3, -0.25) is 0 Å². The second-order valence-electron chi connectivity index (χ2n) is 3.62. The minimum atomic E-state index is 0.516. The summed E-state index contributed by atoms with van der Waals surface area (Å²) in [7, 11) is 2.14. The topological polar surface area (TPSA) is 41.0 Å². The van der Waals surface area contributed by atoms with Gasteiger partial charge in [0, 0.05) is 18.7 Å². The predicted molar refractivity (Wildman–Crippen MR) is 59.3 cm³/mol. The number of nitrogens with one attached hydrogen (secondary N) is 1. The van der Waals surface area contributed by atoms with Crippen molar-refractivity contribution in [2.75, 3.05) is 25.5 Å². The lowest BCUT2D eigenvalue weighted by atomic mass is 10.2. The Hall–Kier alpha value is -0.680. The highest BCUT2D eigenvalue weighted by Gasteiger charge is 2.19. The number of hydrogen-bond donors (Lipinski definition) is 1. The van der Waals surface area contributed by atoms with E-state index in [4.69, 9.17) is 0 Å². The smallest absolute Gasteiger partial charge is 0.130 e. The van der Waals surface area contributed by atoms with E-state index in [1.165, 1.54) is 6.42 Å². The van der Waals surface area contributed by atoms with Crippen molar-refractivity contribution < 1.29 is 0 Å². The highest BCUT2D eigenvalue weighted by atomic mass is 79.9. The largest absolute Gasteiger partial charge is 0.366 e. The first kappa shape index (κ1) is 9.86. The lowest BCUT2D eigenvalue weighted by Gasteiger charge is -2.12. The van der Waals surface area contributed by atoms with Crippen molar-refractivity contribution in [1.82, 2.24) is 14.9 Å². The van der Waals surface area contributed by atoms with Gasteiger partial charge >= 0.3 is 0 Å². The Kier molecular flexibility index (Phi) is 2.98. The molecule has 1 atom stereocenters. The van der Waals surface area contributed by atoms with Crippen LogP contribution in [0.4, 0.5) is 5.82 Å². The van der Waals surface area contributed by atoms with Crippen LogP contribution in [-0.4, -0.2) is 41.0 Å². The molecule has 4 nitrogen and oxygen atoms in total. The molecule has 0 spiro atoms. The number of likely N-dealkylation sites (N-methyl/N-ethyl adjacent to an activating group) is 1. The molecule has 0 aliphatic carbocycles. The van der Waals surface area contributed by atoms with Crippen LogP contribution in [0.1, 0.15) is 6.42 Å². The molecule has 0 aromatic carbocycles. The molecule has 14 heavy (non-hydrogen) atoms. The molecule has 1 saturated heterocycles. The molecule has 2 heterocycles. The predicted octanol–water partition coefficient (Wildman–Crippen LogP) is 1.36. The van der Waals surface area contributed by atoms with Crippen molar-refractivity contribution >= 4 is 21.7 Å². The number of rotatable bonds is 2. The minimum absolute atomic E-state index is 0.516. The van der Waals surface area contributed by atoms with Crippen LogP contribution >= 0.6 is 15.9 Å². The number of hydrogen-bond acceptors (Lipinski definition) is 4. The average molecular weight is 257 g/mol. The zero-order valence-corrected chi connectivity index (χ0v) is 9.66. The van der Waals surface area contributed by atoms with Gasteiger partial charge in [0.25, 0.3) is 0 Å². The highest BCUT2D eigenvalue weighted by molar-refractivity contribution is 9.10. The Labute approximate surface area is 91.9 Å². The minimum Gasteiger partial charge on any atom is -0.366 e. The Morgan fingerprint density at radius 3 is 3.07 bits per heavy atom. The van der Waals surface area contributed by atoms with Crippen molar-refractivity contribution in [3.05, 3.63) is 17.0 Å². The van der Waals surface area contributed by atoms with Crippen molar-refractivity contribution in [2.24, 2.45) is 0 Å². The molecule has 5 heteroatoms. The fourth-order valence-corrected chi connectivity index (χ4v) is 1.98. The van der Waals surface area contributed by atoms with Crippen LogP contribution in [0.3, 0.4) is 0 Å². The Bertz CT molecular complexity index is 317. The number of halogens is 1. The molecule has 0 bridgehead atoms. The van der Waals surface area contributed by atoms with Gasteiger partial charge in [-0.1, -0.05) is 0 Å². The molecule has 1 aromatic heterocycles. The van der Waals surface area contributed by atoms with Crippen molar-refractivity contribution in [3.63, 3.8) is 0 Å². The molecule has 1 N–H and O–H groups in total. The summed E-state index contributed by atoms with van der Waals surface area (Å²) in [4.78, 5) is 10.5. The number of likely N-dealkylation sites (tertiary alicyclic amines) is 1. The van der Waals surface area contributed by atoms with Crippen LogP contribution in [0.5, 0.6) is 0 Å². The Morgan fingerprint density at radius 1 is 1.57 bits per heavy atom. The van der Waals surface area contributed by atoms with Gasteiger partial charge in [0.05, 0.1) is 0 Å². The van der Waals surface area contributed by atoms with Crippen LogP contribution in [0.25, 0.3) is 0 Å². The first-order valence-corrected chi connectivity index (χ1v) is 5.46. The number of anilines is 1. The number of nitrogens with zero attached hydrogens (tertiary/aromatic N) is 3. The molecule has 0 radical (unpaired) electrons. The molecule has 1 aromatic rings. The molecule has 2 rings (SSSR count). The van der Waals surface area contributed by atoms with Gasteiger partial charge in [-0.15, -0.1) is 0 Å². The van der Waals surface area contributed by atoms with E-state index in [-0.39, 0.29) is 0 Å². The monoisotopic (exact) mass is 256 g/mol. The standard InChI is InChI=1S/C9H13BrN4/c1-14-3-2-7(5-14)13-9-4-8(10)11-6-12-9/h4,6-7H,2-3,5H2,1H3,(H,11,12,13). The molecular weight excluding hydrogens is 244 g/mol. The van der Waals surface area contributed by atoms with Gasteiger partial charge in [-0.05, 0) is 35.9 Å². The van der Waals surface area contributed by atoms with E-state index in [0.717, 1.165) is 23.5 Å². The highest BCUT2D eigenvalue weighted by Crippen LogP contribution is 2.14. The van der Waals surface area contributed by atoms with Crippen molar-refractivity contribution in [2.45, 2.75) is 12.5 Å². The third-order valence-corrected chi connectivity index (χ3v) is 2.81. The lowest BCUT2D eigenvalue weighted by molar-refractivity contribution is 0.414. The van der Waals surface area contributed by atoms with Gasteiger partial charge in [0.2, 0.25) is 0 Å². The zero-order valence-electron chi connectivity index (χ0n) is 8.07. The summed E-state index contributed by atoms with van der Waals surface area (Å²) in [6, 6.07) is 2.42. The van der Waals surface area contributed by atoms with E-state index in [2.05, 4.69) is 43.2 Å². The maximum Gasteiger partial charge on any atom is 0.130 e. The van der Waals surface area contributed by atoms with E-state index >= 15 is 0 Å². The van der Waals surface area contributed by atoms with Gasteiger partial charge in [0.1, 0.15) is 16.7 Å². The van der Waals surface area contributed by atoms with E-state index in [1.807, 2.05) is 6.07 Å². The van der Waals surface area contributed by atoms with Crippen LogP contribution < -0.4 is 5.32 Å². The molecule has 0 saturated carbocycles. The van der Waals surface area contributed by atoms with E-state index < -0.39 is 0 Å². The van der Waals surface area contributed by atoms with Crippen LogP contribution in [0, 0.1) is 0 Å². The van der Waals surface area contributed by atoms with E-state index in [9.17, 15) is 0 Å². The second kappa shape index (κ2) is 4.23. The average Bonchev–Trinajstić information content (AvgIpc) is 2.51. The molecule has 1 unspecified atom stereocenters. The summed E-state index contributed by atoms with van der Waals surface area (Å²) in [5.74, 6) is 0.896. The van der Waals surface area contributed by atoms with Gasteiger partial charge < -0.3 is 10.2 Å². The SMILES string of the molecule is CN1CCC(Nc2cc(Br)ncn2)C1. The van der Waals surface area contributed by atoms with Gasteiger partial charge in [-0.2, -0.15) is 0 Å². The summed E-state index contributed by atoms with van der Waals surface area (Å²) in [6.45, 7) is 2.24. The summed E-state index contributed by atoms with van der Waals surface area (Å²) < 4.78 is 0.821. The van der Waals surface area contributed by atoms with Crippen LogP contribution in [-0.2, 0) is 0 Å². The molecule has 1 fully saturated rings. The normalized spacial score (nSPS) is 22.6.